The molecule has 0 unspecified atom stereocenters. The van der Waals surface area contributed by atoms with E-state index in [4.69, 9.17) is 4.74 Å². The molecule has 0 radical (unpaired) electrons. The molecule has 1 rings (SSSR count). The molecule has 1 heterocycles. The number of rotatable bonds is 3. The number of methoxy groups -OCH3 is 1. The van der Waals surface area contributed by atoms with Gasteiger partial charge in [0.2, 0.25) is 0 Å². The Morgan fingerprint density at radius 3 is 2.85 bits per heavy atom. The molecule has 4 nitrogen and oxygen atoms in total. The largest absolute Gasteiger partial charge is 0.378 e. The molecule has 72 valence electrons. The monoisotopic (exact) mass is 294 g/mol. The van der Waals surface area contributed by atoms with Crippen LogP contribution in [0.5, 0.6) is 0 Å². The number of hydrogen-bond donors (Lipinski definition) is 1. The highest BCUT2D eigenvalue weighted by Gasteiger charge is 2.06. The van der Waals surface area contributed by atoms with Crippen molar-refractivity contribution in [3.05, 3.63) is 25.4 Å². The summed E-state index contributed by atoms with van der Waals surface area (Å²) in [5.41, 5.74) is 0.628. The number of hydrogen-bond acceptors (Lipinski definition) is 3. The first-order valence-electron chi connectivity index (χ1n) is 3.95. The summed E-state index contributed by atoms with van der Waals surface area (Å²) in [6.07, 6.45) is 0.725. The van der Waals surface area contributed by atoms with E-state index in [0.717, 1.165) is 6.42 Å². The van der Waals surface area contributed by atoms with Crippen molar-refractivity contribution in [2.45, 2.75) is 20.0 Å². The normalized spacial score (nSPS) is 10.4. The van der Waals surface area contributed by atoms with Crippen LogP contribution in [0.15, 0.2) is 4.79 Å². The fraction of sp³-hybridized carbons (Fsp3) is 0.500. The Labute approximate surface area is 89.9 Å². The van der Waals surface area contributed by atoms with E-state index in [9.17, 15) is 4.79 Å². The summed E-state index contributed by atoms with van der Waals surface area (Å²) in [5, 5.41) is 0. The van der Waals surface area contributed by atoms with Crippen LogP contribution in [0.4, 0.5) is 0 Å². The van der Waals surface area contributed by atoms with Gasteiger partial charge in [0, 0.05) is 13.5 Å². The molecule has 0 spiro atoms. The summed E-state index contributed by atoms with van der Waals surface area (Å²) >= 11 is 1.98. The lowest BCUT2D eigenvalue weighted by Gasteiger charge is -2.03. The van der Waals surface area contributed by atoms with Crippen molar-refractivity contribution in [3.8, 4) is 0 Å². The van der Waals surface area contributed by atoms with Crippen molar-refractivity contribution in [3.63, 3.8) is 0 Å². The molecule has 0 aliphatic heterocycles. The summed E-state index contributed by atoms with van der Waals surface area (Å²) in [5.74, 6) is 0.706. The van der Waals surface area contributed by atoms with E-state index in [1.165, 1.54) is 0 Å². The lowest BCUT2D eigenvalue weighted by atomic mass is 10.4. The van der Waals surface area contributed by atoms with Gasteiger partial charge >= 0.3 is 0 Å². The summed E-state index contributed by atoms with van der Waals surface area (Å²) in [6, 6.07) is 0. The second-order valence-electron chi connectivity index (χ2n) is 2.56. The number of aromatic nitrogens is 2. The van der Waals surface area contributed by atoms with Crippen molar-refractivity contribution in [1.82, 2.24) is 9.97 Å². The molecule has 0 bridgehead atoms. The van der Waals surface area contributed by atoms with E-state index in [0.29, 0.717) is 21.7 Å². The minimum atomic E-state index is -0.0838. The molecule has 0 aliphatic rings. The van der Waals surface area contributed by atoms with Crippen LogP contribution in [0.3, 0.4) is 0 Å². The molecule has 0 aromatic carbocycles. The molecule has 5 heteroatoms. The van der Waals surface area contributed by atoms with Crippen molar-refractivity contribution < 1.29 is 4.74 Å². The fourth-order valence-corrected chi connectivity index (χ4v) is 1.37. The van der Waals surface area contributed by atoms with Crippen LogP contribution >= 0.6 is 22.6 Å². The topological polar surface area (TPSA) is 55.0 Å². The Morgan fingerprint density at radius 1 is 1.62 bits per heavy atom. The number of nitrogens with zero attached hydrogens (tertiary/aromatic N) is 1. The molecular weight excluding hydrogens is 283 g/mol. The van der Waals surface area contributed by atoms with E-state index >= 15 is 0 Å². The maximum Gasteiger partial charge on any atom is 0.264 e. The van der Waals surface area contributed by atoms with Crippen LogP contribution in [-0.2, 0) is 17.8 Å². The number of aromatic amines is 1. The number of nitrogens with one attached hydrogen (secondary N) is 1. The average molecular weight is 294 g/mol. The van der Waals surface area contributed by atoms with Crippen molar-refractivity contribution in [1.29, 1.82) is 0 Å². The Balaban J connectivity index is 3.17. The van der Waals surface area contributed by atoms with Crippen LogP contribution in [0, 0.1) is 3.57 Å². The third-order valence-electron chi connectivity index (χ3n) is 1.60. The SMILES string of the molecule is CCc1nc(COC)c(I)c(=O)[nH]1. The maximum absolute atomic E-state index is 11.3. The van der Waals surface area contributed by atoms with Gasteiger partial charge in [-0.2, -0.15) is 0 Å². The highest BCUT2D eigenvalue weighted by Crippen LogP contribution is 2.05. The Kier molecular flexibility index (Phi) is 3.86. The zero-order chi connectivity index (χ0) is 9.84. The van der Waals surface area contributed by atoms with Gasteiger partial charge in [0.25, 0.3) is 5.56 Å². The minimum absolute atomic E-state index is 0.0838. The Hall–Kier alpha value is -0.430. The molecule has 1 aromatic heterocycles. The summed E-state index contributed by atoms with van der Waals surface area (Å²) in [7, 11) is 1.59. The summed E-state index contributed by atoms with van der Waals surface area (Å²) < 4.78 is 5.55. The van der Waals surface area contributed by atoms with Gasteiger partial charge in [-0.05, 0) is 22.6 Å². The maximum atomic E-state index is 11.3. The van der Waals surface area contributed by atoms with Crippen LogP contribution in [0.25, 0.3) is 0 Å². The zero-order valence-corrected chi connectivity index (χ0v) is 9.71. The first-order valence-corrected chi connectivity index (χ1v) is 5.03. The fourth-order valence-electron chi connectivity index (χ4n) is 0.957. The van der Waals surface area contributed by atoms with Crippen LogP contribution in [0.2, 0.25) is 0 Å². The van der Waals surface area contributed by atoms with Crippen LogP contribution in [0.1, 0.15) is 18.4 Å². The zero-order valence-electron chi connectivity index (χ0n) is 7.56. The molecule has 0 aliphatic carbocycles. The van der Waals surface area contributed by atoms with Gasteiger partial charge in [-0.15, -0.1) is 0 Å². The first kappa shape index (κ1) is 10.6. The molecule has 1 aromatic rings. The Morgan fingerprint density at radius 2 is 2.31 bits per heavy atom. The molecule has 0 amide bonds. The third kappa shape index (κ3) is 2.50. The van der Waals surface area contributed by atoms with E-state index in [1.54, 1.807) is 7.11 Å². The lowest BCUT2D eigenvalue weighted by Crippen LogP contribution is -2.18. The van der Waals surface area contributed by atoms with Gasteiger partial charge in [-0.1, -0.05) is 6.92 Å². The van der Waals surface area contributed by atoms with Crippen LogP contribution in [-0.4, -0.2) is 17.1 Å². The number of H-pyrrole nitrogens is 1. The average Bonchev–Trinajstić information content (AvgIpc) is 2.13. The second kappa shape index (κ2) is 4.71. The van der Waals surface area contributed by atoms with Crippen molar-refractivity contribution >= 4 is 22.6 Å². The van der Waals surface area contributed by atoms with Crippen LogP contribution < -0.4 is 5.56 Å². The van der Waals surface area contributed by atoms with Gasteiger partial charge in [-0.25, -0.2) is 4.98 Å². The molecular formula is C8H11IN2O2. The molecule has 0 saturated carbocycles. The van der Waals surface area contributed by atoms with E-state index in [-0.39, 0.29) is 5.56 Å². The first-order chi connectivity index (χ1) is 6.19. The van der Waals surface area contributed by atoms with Gasteiger partial charge in [0.1, 0.15) is 9.39 Å². The van der Waals surface area contributed by atoms with E-state index < -0.39 is 0 Å². The van der Waals surface area contributed by atoms with Gasteiger partial charge < -0.3 is 9.72 Å². The molecule has 1 N–H and O–H groups in total. The van der Waals surface area contributed by atoms with Crippen molar-refractivity contribution in [2.75, 3.05) is 7.11 Å². The number of aryl methyl sites for hydroxylation is 1. The lowest BCUT2D eigenvalue weighted by molar-refractivity contribution is 0.180. The van der Waals surface area contributed by atoms with E-state index in [1.807, 2.05) is 29.5 Å². The van der Waals surface area contributed by atoms with Gasteiger partial charge in [-0.3, -0.25) is 4.79 Å². The quantitative estimate of drug-likeness (QED) is 0.849. The van der Waals surface area contributed by atoms with Gasteiger partial charge in [0.05, 0.1) is 12.3 Å². The predicted octanol–water partition coefficient (Wildman–Crippen LogP) is 1.08. The smallest absolute Gasteiger partial charge is 0.264 e. The van der Waals surface area contributed by atoms with Gasteiger partial charge in [0.15, 0.2) is 0 Å². The highest BCUT2D eigenvalue weighted by atomic mass is 127. The predicted molar refractivity (Wildman–Crippen MR) is 57.7 cm³/mol. The molecule has 0 atom stereocenters. The molecule has 0 saturated heterocycles. The third-order valence-corrected chi connectivity index (χ3v) is 2.71. The Bertz CT molecular complexity index is 348. The van der Waals surface area contributed by atoms with Crippen molar-refractivity contribution in [2.24, 2.45) is 0 Å². The summed E-state index contributed by atoms with van der Waals surface area (Å²) in [4.78, 5) is 18.3. The van der Waals surface area contributed by atoms with E-state index in [2.05, 4.69) is 9.97 Å². The minimum Gasteiger partial charge on any atom is -0.378 e. The summed E-state index contributed by atoms with van der Waals surface area (Å²) in [6.45, 7) is 2.33. The number of halogens is 1. The molecule has 0 fully saturated rings. The number of ether oxygens (including phenoxy) is 1. The standard InChI is InChI=1S/C8H11IN2O2/c1-3-6-10-5(4-13-2)7(9)8(12)11-6/h3-4H2,1-2H3,(H,10,11,12). The highest BCUT2D eigenvalue weighted by molar-refractivity contribution is 14.1. The second-order valence-corrected chi connectivity index (χ2v) is 3.64. The molecule has 13 heavy (non-hydrogen) atoms.